The molecular weight excluding hydrogens is 246 g/mol. The van der Waals surface area contributed by atoms with E-state index in [0.29, 0.717) is 12.8 Å². The minimum Gasteiger partial charge on any atom is -0.476 e. The van der Waals surface area contributed by atoms with Crippen molar-refractivity contribution in [3.05, 3.63) is 24.0 Å². The van der Waals surface area contributed by atoms with E-state index in [9.17, 15) is 9.59 Å². The summed E-state index contributed by atoms with van der Waals surface area (Å²) in [5.41, 5.74) is -0.0642. The van der Waals surface area contributed by atoms with Gasteiger partial charge in [-0.1, -0.05) is 6.92 Å². The maximum atomic E-state index is 11.7. The third-order valence-electron chi connectivity index (χ3n) is 2.45. The second-order valence-corrected chi connectivity index (χ2v) is 3.82. The molecule has 0 spiro atoms. The number of carboxylic acid groups (broad SMARTS) is 1. The van der Waals surface area contributed by atoms with Crippen LogP contribution >= 0.6 is 0 Å². The first-order valence-corrected chi connectivity index (χ1v) is 5.77. The molecular formula is C13H15N3O3. The molecule has 0 fully saturated rings. The molecule has 19 heavy (non-hydrogen) atoms. The number of amides is 2. The summed E-state index contributed by atoms with van der Waals surface area (Å²) in [5, 5.41) is 14.1. The zero-order valence-corrected chi connectivity index (χ0v) is 10.5. The second kappa shape index (κ2) is 7.01. The fraction of sp³-hybridized carbons (Fsp3) is 0.308. The van der Waals surface area contributed by atoms with Gasteiger partial charge in [-0.15, -0.1) is 12.3 Å². The molecule has 0 saturated heterocycles. The van der Waals surface area contributed by atoms with E-state index in [1.54, 1.807) is 6.07 Å². The largest absolute Gasteiger partial charge is 0.476 e. The van der Waals surface area contributed by atoms with E-state index in [1.807, 2.05) is 6.92 Å². The van der Waals surface area contributed by atoms with Crippen molar-refractivity contribution < 1.29 is 14.7 Å². The van der Waals surface area contributed by atoms with E-state index < -0.39 is 12.0 Å². The van der Waals surface area contributed by atoms with Gasteiger partial charge in [-0.25, -0.2) is 14.6 Å². The topological polar surface area (TPSA) is 91.3 Å². The number of urea groups is 1. The predicted molar refractivity (Wildman–Crippen MR) is 70.9 cm³/mol. The quantitative estimate of drug-likeness (QED) is 0.703. The third kappa shape index (κ3) is 4.32. The van der Waals surface area contributed by atoms with E-state index in [0.717, 1.165) is 0 Å². The first kappa shape index (κ1) is 14.5. The number of nitrogens with zero attached hydrogens (tertiary/aromatic N) is 1. The van der Waals surface area contributed by atoms with Gasteiger partial charge in [-0.2, -0.15) is 0 Å². The maximum Gasteiger partial charge on any atom is 0.356 e. The van der Waals surface area contributed by atoms with Gasteiger partial charge in [0.05, 0.1) is 5.69 Å². The van der Waals surface area contributed by atoms with Gasteiger partial charge in [0.1, 0.15) is 0 Å². The summed E-state index contributed by atoms with van der Waals surface area (Å²) in [6.07, 6.45) is 7.64. The number of pyridine rings is 1. The monoisotopic (exact) mass is 261 g/mol. The third-order valence-corrected chi connectivity index (χ3v) is 2.45. The van der Waals surface area contributed by atoms with Gasteiger partial charge in [0, 0.05) is 18.7 Å². The van der Waals surface area contributed by atoms with Crippen LogP contribution in [0.3, 0.4) is 0 Å². The summed E-state index contributed by atoms with van der Waals surface area (Å²) < 4.78 is 0. The first-order chi connectivity index (χ1) is 9.08. The van der Waals surface area contributed by atoms with Crippen molar-refractivity contribution in [2.45, 2.75) is 25.8 Å². The fourth-order valence-electron chi connectivity index (χ4n) is 1.46. The number of aromatic carboxylic acids is 1. The van der Waals surface area contributed by atoms with E-state index in [-0.39, 0.29) is 17.4 Å². The Bertz CT molecular complexity index is 508. The highest BCUT2D eigenvalue weighted by Crippen LogP contribution is 2.11. The Balaban J connectivity index is 2.72. The summed E-state index contributed by atoms with van der Waals surface area (Å²) >= 11 is 0. The van der Waals surface area contributed by atoms with Crippen LogP contribution in [0.15, 0.2) is 18.3 Å². The smallest absolute Gasteiger partial charge is 0.356 e. The minimum absolute atomic E-state index is 0.142. The lowest BCUT2D eigenvalue weighted by molar-refractivity contribution is 0.0692. The predicted octanol–water partition coefficient (Wildman–Crippen LogP) is 1.70. The molecule has 0 aromatic carbocycles. The van der Waals surface area contributed by atoms with Crippen LogP contribution in [0.1, 0.15) is 30.3 Å². The Kier molecular flexibility index (Phi) is 5.35. The standard InChI is InChI=1S/C13H15N3O3/c1-3-6-9(4-2)15-13(19)16-10-7-5-8-14-11(10)12(17)18/h1,5,7-9H,4,6H2,2H3,(H,17,18)(H2,15,16,19). The zero-order valence-electron chi connectivity index (χ0n) is 10.5. The minimum atomic E-state index is -1.20. The molecule has 6 heteroatoms. The lowest BCUT2D eigenvalue weighted by atomic mass is 10.1. The molecule has 6 nitrogen and oxygen atoms in total. The van der Waals surface area contributed by atoms with Crippen LogP contribution in [-0.2, 0) is 0 Å². The highest BCUT2D eigenvalue weighted by atomic mass is 16.4. The zero-order chi connectivity index (χ0) is 14.3. The molecule has 1 aromatic heterocycles. The van der Waals surface area contributed by atoms with Crippen molar-refractivity contribution in [3.8, 4) is 12.3 Å². The number of anilines is 1. The fourth-order valence-corrected chi connectivity index (χ4v) is 1.46. The van der Waals surface area contributed by atoms with Crippen molar-refractivity contribution in [2.75, 3.05) is 5.32 Å². The van der Waals surface area contributed by atoms with Crippen molar-refractivity contribution >= 4 is 17.7 Å². The van der Waals surface area contributed by atoms with Crippen molar-refractivity contribution in [3.63, 3.8) is 0 Å². The van der Waals surface area contributed by atoms with E-state index in [1.165, 1.54) is 12.3 Å². The molecule has 0 aliphatic rings. The van der Waals surface area contributed by atoms with Crippen molar-refractivity contribution in [1.82, 2.24) is 10.3 Å². The number of carbonyl (C=O) groups is 2. The average molecular weight is 261 g/mol. The van der Waals surface area contributed by atoms with E-state index in [4.69, 9.17) is 11.5 Å². The molecule has 2 amide bonds. The maximum absolute atomic E-state index is 11.7. The van der Waals surface area contributed by atoms with Gasteiger partial charge in [0.15, 0.2) is 5.69 Å². The summed E-state index contributed by atoms with van der Waals surface area (Å²) in [6.45, 7) is 1.90. The molecule has 1 atom stereocenters. The average Bonchev–Trinajstić information content (AvgIpc) is 2.38. The van der Waals surface area contributed by atoms with Crippen LogP contribution < -0.4 is 10.6 Å². The molecule has 1 aromatic rings. The summed E-state index contributed by atoms with van der Waals surface area (Å²) in [7, 11) is 0. The Morgan fingerprint density at radius 2 is 2.32 bits per heavy atom. The lowest BCUT2D eigenvalue weighted by Crippen LogP contribution is -2.37. The number of nitrogens with one attached hydrogen (secondary N) is 2. The number of hydrogen-bond donors (Lipinski definition) is 3. The number of carboxylic acids is 1. The molecule has 0 bridgehead atoms. The Hall–Kier alpha value is -2.55. The van der Waals surface area contributed by atoms with Crippen LogP contribution in [0.4, 0.5) is 10.5 Å². The summed E-state index contributed by atoms with van der Waals surface area (Å²) in [5.74, 6) is 1.27. The lowest BCUT2D eigenvalue weighted by Gasteiger charge is -2.15. The summed E-state index contributed by atoms with van der Waals surface area (Å²) in [6, 6.07) is 2.37. The Morgan fingerprint density at radius 3 is 2.89 bits per heavy atom. The molecule has 1 rings (SSSR count). The van der Waals surface area contributed by atoms with Gasteiger partial charge in [0.25, 0.3) is 0 Å². The molecule has 1 unspecified atom stereocenters. The van der Waals surface area contributed by atoms with Crippen LogP contribution in [-0.4, -0.2) is 28.1 Å². The molecule has 100 valence electrons. The highest BCUT2D eigenvalue weighted by molar-refractivity contribution is 5.98. The van der Waals surface area contributed by atoms with Crippen LogP contribution in [0.2, 0.25) is 0 Å². The normalized spacial score (nSPS) is 11.2. The second-order valence-electron chi connectivity index (χ2n) is 3.82. The molecule has 0 radical (unpaired) electrons. The number of rotatable bonds is 5. The van der Waals surface area contributed by atoms with Gasteiger partial charge >= 0.3 is 12.0 Å². The number of terminal acetylenes is 1. The van der Waals surface area contributed by atoms with Gasteiger partial charge in [-0.05, 0) is 18.6 Å². The van der Waals surface area contributed by atoms with Crippen LogP contribution in [0.5, 0.6) is 0 Å². The SMILES string of the molecule is C#CCC(CC)NC(=O)Nc1cccnc1C(=O)O. The molecule has 0 aliphatic carbocycles. The van der Waals surface area contributed by atoms with E-state index in [2.05, 4.69) is 21.5 Å². The number of aromatic nitrogens is 1. The van der Waals surface area contributed by atoms with Crippen LogP contribution in [0.25, 0.3) is 0 Å². The number of carbonyl (C=O) groups excluding carboxylic acids is 1. The first-order valence-electron chi connectivity index (χ1n) is 5.77. The van der Waals surface area contributed by atoms with Gasteiger partial charge in [-0.3, -0.25) is 0 Å². The van der Waals surface area contributed by atoms with E-state index >= 15 is 0 Å². The summed E-state index contributed by atoms with van der Waals surface area (Å²) in [4.78, 5) is 26.3. The molecule has 0 aliphatic heterocycles. The van der Waals surface area contributed by atoms with Crippen molar-refractivity contribution in [2.24, 2.45) is 0 Å². The number of hydrogen-bond acceptors (Lipinski definition) is 3. The molecule has 1 heterocycles. The van der Waals surface area contributed by atoms with Gasteiger partial charge in [0.2, 0.25) is 0 Å². The molecule has 0 saturated carbocycles. The Labute approximate surface area is 111 Å². The van der Waals surface area contributed by atoms with Gasteiger partial charge < -0.3 is 15.7 Å². The highest BCUT2D eigenvalue weighted by Gasteiger charge is 2.14. The molecule has 3 N–H and O–H groups in total. The Morgan fingerprint density at radius 1 is 1.58 bits per heavy atom. The van der Waals surface area contributed by atoms with Crippen LogP contribution in [0, 0.1) is 12.3 Å². The van der Waals surface area contributed by atoms with Crippen molar-refractivity contribution in [1.29, 1.82) is 0 Å².